The van der Waals surface area contributed by atoms with Crippen LogP contribution in [0.4, 0.5) is 0 Å². The van der Waals surface area contributed by atoms with Crippen molar-refractivity contribution >= 4 is 64.0 Å². The smallest absolute Gasteiger partial charge is 0.313 e. The first kappa shape index (κ1) is 35.3. The van der Waals surface area contributed by atoms with Gasteiger partial charge < -0.3 is 22.6 Å². The first-order valence-corrected chi connectivity index (χ1v) is 16.9. The molecule has 0 fully saturated rings. The van der Waals surface area contributed by atoms with Gasteiger partial charge in [-0.25, -0.2) is 0 Å². The molecular formula is C24H37Br3O6P2. The molecular weight excluding hydrogens is 686 g/mol. The van der Waals surface area contributed by atoms with Gasteiger partial charge in [0.2, 0.25) is 0 Å². The summed E-state index contributed by atoms with van der Waals surface area (Å²) in [5, 5.41) is 0.923. The first-order valence-electron chi connectivity index (χ1n) is 11.4. The molecule has 35 heavy (non-hydrogen) atoms. The molecule has 0 aliphatic heterocycles. The molecule has 0 aromatic heterocycles. The van der Waals surface area contributed by atoms with Crippen LogP contribution in [0.5, 0.6) is 0 Å². The van der Waals surface area contributed by atoms with Crippen molar-refractivity contribution in [2.75, 3.05) is 33.0 Å². The predicted molar refractivity (Wildman–Crippen MR) is 157 cm³/mol. The van der Waals surface area contributed by atoms with Gasteiger partial charge in [-0.2, -0.15) is 0 Å². The quantitative estimate of drug-likeness (QED) is 0.152. The summed E-state index contributed by atoms with van der Waals surface area (Å²) in [7, 11) is -4.04. The zero-order valence-electron chi connectivity index (χ0n) is 21.0. The molecule has 2 aromatic rings. The third kappa shape index (κ3) is 18.3. The molecule has 0 aliphatic carbocycles. The molecule has 0 spiro atoms. The Labute approximate surface area is 237 Å². The van der Waals surface area contributed by atoms with Crippen molar-refractivity contribution in [1.29, 1.82) is 0 Å². The minimum atomic E-state index is -2.98. The summed E-state index contributed by atoms with van der Waals surface area (Å²) in [4.78, 5) is 0. The summed E-state index contributed by atoms with van der Waals surface area (Å²) in [6.07, 6.45) is 0.314. The number of rotatable bonds is 13. The van der Waals surface area contributed by atoms with Crippen molar-refractivity contribution in [3.05, 3.63) is 68.6 Å². The molecule has 0 heterocycles. The van der Waals surface area contributed by atoms with E-state index in [9.17, 15) is 4.57 Å². The van der Waals surface area contributed by atoms with Gasteiger partial charge >= 0.3 is 16.2 Å². The van der Waals surface area contributed by atoms with E-state index in [1.807, 2.05) is 71.0 Å². The third-order valence-corrected chi connectivity index (χ3v) is 8.76. The van der Waals surface area contributed by atoms with Crippen molar-refractivity contribution in [2.45, 2.75) is 46.1 Å². The highest BCUT2D eigenvalue weighted by Gasteiger charge is 2.23. The Morgan fingerprint density at radius 1 is 0.714 bits per heavy atom. The first-order chi connectivity index (χ1) is 16.8. The summed E-state index contributed by atoms with van der Waals surface area (Å²) in [5.41, 5.74) is 2.24. The topological polar surface area (TPSA) is 63.2 Å². The van der Waals surface area contributed by atoms with E-state index >= 15 is 0 Å². The Kier molecular flexibility index (Phi) is 22.6. The molecule has 2 rings (SSSR count). The molecule has 0 N–H and O–H groups in total. The monoisotopic (exact) mass is 720 g/mol. The van der Waals surface area contributed by atoms with Crippen molar-refractivity contribution in [2.24, 2.45) is 0 Å². The van der Waals surface area contributed by atoms with Gasteiger partial charge in [-0.1, -0.05) is 72.1 Å². The standard InChI is InChI=1S/C11H16BrO3P.C7H6Br2.C6H15O3P/c1-3-14-16(13,15-4-2)9-10-6-5-7-11(12)8-10;8-5-6-2-1-3-7(9)4-6;1-4-7-10(8-5-2)9-6-3/h5-8H,3-4,9H2,1-2H3;1-4H,5H2;4-6H2,1-3H3. The molecule has 2 aromatic carbocycles. The van der Waals surface area contributed by atoms with Crippen LogP contribution in [-0.2, 0) is 38.7 Å². The van der Waals surface area contributed by atoms with Gasteiger partial charge in [-0.3, -0.25) is 4.57 Å². The number of halogens is 3. The second kappa shape index (κ2) is 22.3. The lowest BCUT2D eigenvalue weighted by molar-refractivity contribution is 0.176. The maximum atomic E-state index is 12.2. The number of alkyl halides is 1. The van der Waals surface area contributed by atoms with Crippen molar-refractivity contribution in [1.82, 2.24) is 0 Å². The van der Waals surface area contributed by atoms with Gasteiger partial charge in [0.05, 0.1) is 39.2 Å². The Balaban J connectivity index is 0.000000526. The van der Waals surface area contributed by atoms with Crippen LogP contribution in [0.15, 0.2) is 57.5 Å². The average Bonchev–Trinajstić information content (AvgIpc) is 2.81. The van der Waals surface area contributed by atoms with Crippen LogP contribution in [0.25, 0.3) is 0 Å². The molecule has 11 heteroatoms. The lowest BCUT2D eigenvalue weighted by Crippen LogP contribution is -1.99. The Morgan fingerprint density at radius 3 is 1.49 bits per heavy atom. The van der Waals surface area contributed by atoms with E-state index in [1.165, 1.54) is 5.56 Å². The Morgan fingerprint density at radius 2 is 1.14 bits per heavy atom. The van der Waals surface area contributed by atoms with Crippen LogP contribution < -0.4 is 0 Å². The molecule has 0 unspecified atom stereocenters. The fourth-order valence-corrected chi connectivity index (χ4v) is 6.21. The van der Waals surface area contributed by atoms with Crippen LogP contribution in [-0.4, -0.2) is 33.0 Å². The minimum absolute atomic E-state index is 0.314. The van der Waals surface area contributed by atoms with Gasteiger partial charge in [-0.05, 0) is 70.0 Å². The van der Waals surface area contributed by atoms with Crippen molar-refractivity contribution in [3.63, 3.8) is 0 Å². The summed E-state index contributed by atoms with van der Waals surface area (Å²) < 4.78 is 40.2. The summed E-state index contributed by atoms with van der Waals surface area (Å²) in [6, 6.07) is 15.9. The van der Waals surface area contributed by atoms with E-state index < -0.39 is 16.2 Å². The summed E-state index contributed by atoms with van der Waals surface area (Å²) in [6.45, 7) is 12.1. The summed E-state index contributed by atoms with van der Waals surface area (Å²) in [5.74, 6) is 0. The second-order valence-electron chi connectivity index (χ2n) is 6.47. The van der Waals surface area contributed by atoms with Gasteiger partial charge in [-0.15, -0.1) is 0 Å². The number of hydrogen-bond donors (Lipinski definition) is 0. The van der Waals surface area contributed by atoms with E-state index in [2.05, 4.69) is 59.9 Å². The molecule has 200 valence electrons. The SMILES string of the molecule is BrCc1cccc(Br)c1.CCOP(=O)(Cc1cccc(Br)c1)OCC.CCOP(OCC)OCC. The highest BCUT2D eigenvalue weighted by Crippen LogP contribution is 2.51. The van der Waals surface area contributed by atoms with Crippen LogP contribution in [0, 0.1) is 0 Å². The highest BCUT2D eigenvalue weighted by atomic mass is 79.9. The van der Waals surface area contributed by atoms with Gasteiger partial charge in [0.15, 0.2) is 0 Å². The zero-order valence-corrected chi connectivity index (χ0v) is 27.6. The van der Waals surface area contributed by atoms with Crippen LogP contribution >= 0.6 is 64.0 Å². The van der Waals surface area contributed by atoms with Gasteiger partial charge in [0.1, 0.15) is 0 Å². The largest absolute Gasteiger partial charge is 0.335 e. The normalized spacial score (nSPS) is 10.9. The van der Waals surface area contributed by atoms with E-state index in [0.29, 0.717) is 39.2 Å². The predicted octanol–water partition coefficient (Wildman–Crippen LogP) is 9.88. The minimum Gasteiger partial charge on any atom is -0.313 e. The van der Waals surface area contributed by atoms with Crippen molar-refractivity contribution in [3.8, 4) is 0 Å². The zero-order chi connectivity index (χ0) is 26.5. The average molecular weight is 723 g/mol. The van der Waals surface area contributed by atoms with Gasteiger partial charge in [0, 0.05) is 14.3 Å². The molecule has 6 nitrogen and oxygen atoms in total. The summed E-state index contributed by atoms with van der Waals surface area (Å²) >= 11 is 10.1. The molecule has 0 aliphatic rings. The Hall–Kier alpha value is 0.340. The molecule has 0 bridgehead atoms. The number of hydrogen-bond acceptors (Lipinski definition) is 6. The number of benzene rings is 2. The van der Waals surface area contributed by atoms with E-state index in [-0.39, 0.29) is 0 Å². The second-order valence-corrected chi connectivity index (χ2v) is 12.1. The van der Waals surface area contributed by atoms with Gasteiger partial charge in [0.25, 0.3) is 0 Å². The molecule has 0 saturated carbocycles. The highest BCUT2D eigenvalue weighted by molar-refractivity contribution is 9.10. The maximum absolute atomic E-state index is 12.2. The Bertz CT molecular complexity index is 820. The fraction of sp³-hybridized carbons (Fsp3) is 0.500. The molecule has 0 saturated heterocycles. The molecule has 0 atom stereocenters. The van der Waals surface area contributed by atoms with Crippen molar-refractivity contribution < 1.29 is 27.2 Å². The van der Waals surface area contributed by atoms with E-state index in [4.69, 9.17) is 22.6 Å². The van der Waals surface area contributed by atoms with Crippen LogP contribution in [0.1, 0.15) is 45.7 Å². The third-order valence-electron chi connectivity index (χ3n) is 3.66. The van der Waals surface area contributed by atoms with E-state index in [0.717, 1.165) is 19.8 Å². The lowest BCUT2D eigenvalue weighted by atomic mass is 10.2. The van der Waals surface area contributed by atoms with Crippen LogP contribution in [0.2, 0.25) is 0 Å². The fourth-order valence-electron chi connectivity index (χ4n) is 2.43. The lowest BCUT2D eigenvalue weighted by Gasteiger charge is -2.16. The molecule has 0 radical (unpaired) electrons. The van der Waals surface area contributed by atoms with Crippen LogP contribution in [0.3, 0.4) is 0 Å². The molecule has 0 amide bonds. The van der Waals surface area contributed by atoms with E-state index in [1.54, 1.807) is 0 Å². The maximum Gasteiger partial charge on any atom is 0.335 e.